The van der Waals surface area contributed by atoms with Crippen LogP contribution in [0.2, 0.25) is 0 Å². The van der Waals surface area contributed by atoms with Gasteiger partial charge in [-0.3, -0.25) is 0 Å². The Morgan fingerprint density at radius 2 is 0.333 bits per heavy atom. The van der Waals surface area contributed by atoms with E-state index >= 15 is 0 Å². The van der Waals surface area contributed by atoms with Crippen LogP contribution in [0.5, 0.6) is 0 Å². The molecule has 0 aliphatic rings. The van der Waals surface area contributed by atoms with E-state index in [1.165, 1.54) is 231 Å². The Hall–Kier alpha value is 0.290. The van der Waals surface area contributed by atoms with Crippen LogP contribution in [-0.4, -0.2) is 5.88 Å². The highest BCUT2D eigenvalue weighted by molar-refractivity contribution is 6.17. The zero-order chi connectivity index (χ0) is 28.2. The number of rotatable bonds is 36. The van der Waals surface area contributed by atoms with Crippen molar-refractivity contribution >= 4 is 11.6 Å². The molecule has 0 heterocycles. The van der Waals surface area contributed by atoms with E-state index in [-0.39, 0.29) is 0 Å². The SMILES string of the molecule is CCCCCCCCCCCCCCCCCCCCCCCCCCCCCCCCCCCCCCCl. The molecule has 0 fully saturated rings. The van der Waals surface area contributed by atoms with Crippen LogP contribution in [-0.2, 0) is 0 Å². The molecule has 0 nitrogen and oxygen atoms in total. The third-order valence-electron chi connectivity index (χ3n) is 8.99. The van der Waals surface area contributed by atoms with Crippen molar-refractivity contribution in [2.75, 3.05) is 5.88 Å². The highest BCUT2D eigenvalue weighted by Gasteiger charge is 1.97. The molecular formula is C38H77Cl. The summed E-state index contributed by atoms with van der Waals surface area (Å²) < 4.78 is 0. The summed E-state index contributed by atoms with van der Waals surface area (Å²) in [4.78, 5) is 0. The van der Waals surface area contributed by atoms with Gasteiger partial charge < -0.3 is 0 Å². The number of unbranched alkanes of at least 4 members (excludes halogenated alkanes) is 35. The molecule has 236 valence electrons. The summed E-state index contributed by atoms with van der Waals surface area (Å²) in [5.74, 6) is 0.847. The smallest absolute Gasteiger partial charge is 0.0223 e. The second-order valence-corrected chi connectivity index (χ2v) is 13.4. The highest BCUT2D eigenvalue weighted by atomic mass is 35.5. The molecule has 1 heteroatoms. The summed E-state index contributed by atoms with van der Waals surface area (Å²) in [5.41, 5.74) is 0. The van der Waals surface area contributed by atoms with Gasteiger partial charge in [0.2, 0.25) is 0 Å². The van der Waals surface area contributed by atoms with Gasteiger partial charge in [-0.2, -0.15) is 0 Å². The van der Waals surface area contributed by atoms with Crippen molar-refractivity contribution in [3.05, 3.63) is 0 Å². The molecule has 0 rings (SSSR count). The van der Waals surface area contributed by atoms with E-state index in [0.717, 1.165) is 5.88 Å². The lowest BCUT2D eigenvalue weighted by molar-refractivity contribution is 0.510. The van der Waals surface area contributed by atoms with Crippen LogP contribution in [0, 0.1) is 0 Å². The van der Waals surface area contributed by atoms with Gasteiger partial charge >= 0.3 is 0 Å². The maximum Gasteiger partial charge on any atom is 0.0223 e. The molecule has 0 unspecified atom stereocenters. The molecule has 0 saturated heterocycles. The molecule has 0 aliphatic carbocycles. The summed E-state index contributed by atoms with van der Waals surface area (Å²) in [5, 5.41) is 0. The third-order valence-corrected chi connectivity index (χ3v) is 9.25. The van der Waals surface area contributed by atoms with Gasteiger partial charge in [-0.05, 0) is 6.42 Å². The van der Waals surface area contributed by atoms with E-state index in [1.807, 2.05) is 0 Å². The zero-order valence-electron chi connectivity index (χ0n) is 27.5. The highest BCUT2D eigenvalue weighted by Crippen LogP contribution is 2.17. The molecule has 0 aromatic carbocycles. The first-order valence-corrected chi connectivity index (χ1v) is 19.5. The van der Waals surface area contributed by atoms with Gasteiger partial charge in [0.05, 0.1) is 0 Å². The van der Waals surface area contributed by atoms with Crippen molar-refractivity contribution < 1.29 is 0 Å². The Bertz CT molecular complexity index is 356. The minimum Gasteiger partial charge on any atom is -0.127 e. The van der Waals surface area contributed by atoms with Gasteiger partial charge in [-0.25, -0.2) is 0 Å². The van der Waals surface area contributed by atoms with E-state index in [1.54, 1.807) is 0 Å². The topological polar surface area (TPSA) is 0 Å². The Morgan fingerprint density at radius 1 is 0.205 bits per heavy atom. The van der Waals surface area contributed by atoms with Gasteiger partial charge in [0, 0.05) is 5.88 Å². The molecule has 0 saturated carbocycles. The quantitative estimate of drug-likeness (QED) is 0.0520. The van der Waals surface area contributed by atoms with E-state index < -0.39 is 0 Å². The molecule has 0 amide bonds. The lowest BCUT2D eigenvalue weighted by atomic mass is 10.0. The van der Waals surface area contributed by atoms with E-state index in [9.17, 15) is 0 Å². The summed E-state index contributed by atoms with van der Waals surface area (Å²) in [6.07, 6.45) is 52.7. The molecule has 0 aromatic rings. The number of hydrogen-bond donors (Lipinski definition) is 0. The van der Waals surface area contributed by atoms with Crippen molar-refractivity contribution in [2.45, 2.75) is 238 Å². The normalized spacial score (nSPS) is 11.5. The fourth-order valence-corrected chi connectivity index (χ4v) is 6.37. The first kappa shape index (κ1) is 39.3. The molecular weight excluding hydrogens is 492 g/mol. The van der Waals surface area contributed by atoms with E-state index in [0.29, 0.717) is 0 Å². The van der Waals surface area contributed by atoms with Crippen LogP contribution in [0.1, 0.15) is 238 Å². The number of alkyl halides is 1. The second-order valence-electron chi connectivity index (χ2n) is 13.1. The minimum atomic E-state index is 0.847. The van der Waals surface area contributed by atoms with Crippen molar-refractivity contribution in [1.29, 1.82) is 0 Å². The lowest BCUT2D eigenvalue weighted by Crippen LogP contribution is -1.85. The second kappa shape index (κ2) is 38.3. The van der Waals surface area contributed by atoms with Crippen LogP contribution in [0.3, 0.4) is 0 Å². The first-order valence-electron chi connectivity index (χ1n) is 19.0. The van der Waals surface area contributed by atoms with Crippen LogP contribution < -0.4 is 0 Å². The largest absolute Gasteiger partial charge is 0.127 e. The first-order chi connectivity index (χ1) is 19.4. The van der Waals surface area contributed by atoms with Crippen LogP contribution >= 0.6 is 11.6 Å². The van der Waals surface area contributed by atoms with Crippen LogP contribution in [0.4, 0.5) is 0 Å². The van der Waals surface area contributed by atoms with Crippen LogP contribution in [0.15, 0.2) is 0 Å². The van der Waals surface area contributed by atoms with Crippen molar-refractivity contribution in [3.63, 3.8) is 0 Å². The van der Waals surface area contributed by atoms with Gasteiger partial charge in [0.1, 0.15) is 0 Å². The molecule has 0 radical (unpaired) electrons. The molecule has 0 bridgehead atoms. The molecule has 0 N–H and O–H groups in total. The maximum atomic E-state index is 5.73. The Labute approximate surface area is 255 Å². The third kappa shape index (κ3) is 38.3. The van der Waals surface area contributed by atoms with E-state index in [2.05, 4.69) is 6.92 Å². The Kier molecular flexibility index (Phi) is 38.6. The molecule has 0 atom stereocenters. The predicted octanol–water partition coefficient (Wildman–Crippen LogP) is 15.3. The average molecular weight is 569 g/mol. The maximum absolute atomic E-state index is 5.73. The standard InChI is InChI=1S/C38H77Cl/c1-2-3-4-5-6-7-8-9-10-11-12-13-14-15-16-17-18-19-20-21-22-23-24-25-26-27-28-29-30-31-32-33-34-35-36-37-38-39/h2-38H2,1H3. The molecule has 0 spiro atoms. The van der Waals surface area contributed by atoms with Crippen molar-refractivity contribution in [3.8, 4) is 0 Å². The zero-order valence-corrected chi connectivity index (χ0v) is 28.3. The summed E-state index contributed by atoms with van der Waals surface area (Å²) in [7, 11) is 0. The number of hydrogen-bond acceptors (Lipinski definition) is 0. The van der Waals surface area contributed by atoms with Gasteiger partial charge in [-0.15, -0.1) is 11.6 Å². The fraction of sp³-hybridized carbons (Fsp3) is 1.00. The predicted molar refractivity (Wildman–Crippen MR) is 183 cm³/mol. The Balaban J connectivity index is 3.01. The fourth-order valence-electron chi connectivity index (χ4n) is 6.18. The van der Waals surface area contributed by atoms with Gasteiger partial charge in [-0.1, -0.05) is 232 Å². The lowest BCUT2D eigenvalue weighted by Gasteiger charge is -2.05. The molecule has 0 aliphatic heterocycles. The number of halogens is 1. The average Bonchev–Trinajstić information content (AvgIpc) is 2.95. The van der Waals surface area contributed by atoms with Crippen LogP contribution in [0.25, 0.3) is 0 Å². The van der Waals surface area contributed by atoms with Gasteiger partial charge in [0.25, 0.3) is 0 Å². The minimum absolute atomic E-state index is 0.847. The molecule has 39 heavy (non-hydrogen) atoms. The van der Waals surface area contributed by atoms with Crippen molar-refractivity contribution in [1.82, 2.24) is 0 Å². The Morgan fingerprint density at radius 3 is 0.462 bits per heavy atom. The van der Waals surface area contributed by atoms with Crippen molar-refractivity contribution in [2.24, 2.45) is 0 Å². The summed E-state index contributed by atoms with van der Waals surface area (Å²) in [6, 6.07) is 0. The monoisotopic (exact) mass is 569 g/mol. The molecule has 0 aromatic heterocycles. The summed E-state index contributed by atoms with van der Waals surface area (Å²) >= 11 is 5.73. The summed E-state index contributed by atoms with van der Waals surface area (Å²) in [6.45, 7) is 2.31. The van der Waals surface area contributed by atoms with Gasteiger partial charge in [0.15, 0.2) is 0 Å². The van der Waals surface area contributed by atoms with E-state index in [4.69, 9.17) is 11.6 Å².